The Kier molecular flexibility index (Phi) is 2.78. The minimum atomic E-state index is 0.364. The minimum Gasteiger partial charge on any atom is -0.473 e. The van der Waals surface area contributed by atoms with Crippen LogP contribution in [0.25, 0.3) is 0 Å². The zero-order chi connectivity index (χ0) is 10.7. The molecule has 78 valence electrons. The fraction of sp³-hybridized carbons (Fsp3) is 0.100. The molecule has 0 atom stereocenters. The van der Waals surface area contributed by atoms with Crippen molar-refractivity contribution < 1.29 is 4.74 Å². The van der Waals surface area contributed by atoms with Crippen LogP contribution in [0.2, 0.25) is 5.15 Å². The normalized spacial score (nSPS) is 10.2. The standard InChI is InChI=1S/C10H10ClN3O/c11-10-5-14(6-13-10)7-15-9-3-1-2-8(12)4-9/h1-6H,7,12H2. The van der Waals surface area contributed by atoms with Crippen molar-refractivity contribution in [1.82, 2.24) is 9.55 Å². The van der Waals surface area contributed by atoms with Gasteiger partial charge in [-0.1, -0.05) is 17.7 Å². The van der Waals surface area contributed by atoms with Gasteiger partial charge < -0.3 is 15.0 Å². The Balaban J connectivity index is 1.99. The van der Waals surface area contributed by atoms with Gasteiger partial charge in [0, 0.05) is 18.0 Å². The number of nitrogen functional groups attached to an aromatic ring is 1. The average Bonchev–Trinajstić information content (AvgIpc) is 2.62. The van der Waals surface area contributed by atoms with Crippen LogP contribution < -0.4 is 10.5 Å². The first-order valence-electron chi connectivity index (χ1n) is 4.39. The zero-order valence-electron chi connectivity index (χ0n) is 7.93. The van der Waals surface area contributed by atoms with Crippen molar-refractivity contribution in [3.63, 3.8) is 0 Å². The summed E-state index contributed by atoms with van der Waals surface area (Å²) in [6.07, 6.45) is 3.29. The third-order valence-corrected chi connectivity index (χ3v) is 2.04. The number of hydrogen-bond acceptors (Lipinski definition) is 3. The van der Waals surface area contributed by atoms with Gasteiger partial charge in [0.15, 0.2) is 6.73 Å². The lowest BCUT2D eigenvalue weighted by Gasteiger charge is -2.06. The fourth-order valence-corrected chi connectivity index (χ4v) is 1.33. The largest absolute Gasteiger partial charge is 0.473 e. The number of benzene rings is 1. The van der Waals surface area contributed by atoms with Gasteiger partial charge in [-0.3, -0.25) is 0 Å². The predicted octanol–water partition coefficient (Wildman–Crippen LogP) is 2.16. The number of nitrogens with two attached hydrogens (primary N) is 1. The van der Waals surface area contributed by atoms with Gasteiger partial charge in [0.25, 0.3) is 0 Å². The molecule has 0 aliphatic carbocycles. The number of anilines is 1. The molecule has 0 spiro atoms. The fourth-order valence-electron chi connectivity index (χ4n) is 1.16. The number of imidazole rings is 1. The molecule has 2 N–H and O–H groups in total. The molecule has 0 aliphatic heterocycles. The van der Waals surface area contributed by atoms with E-state index in [1.807, 2.05) is 12.1 Å². The van der Waals surface area contributed by atoms with E-state index in [9.17, 15) is 0 Å². The Labute approximate surface area is 92.2 Å². The molecule has 4 nitrogen and oxygen atoms in total. The van der Waals surface area contributed by atoms with E-state index in [-0.39, 0.29) is 0 Å². The van der Waals surface area contributed by atoms with Gasteiger partial charge in [0.2, 0.25) is 0 Å². The second-order valence-corrected chi connectivity index (χ2v) is 3.44. The van der Waals surface area contributed by atoms with Crippen molar-refractivity contribution in [1.29, 1.82) is 0 Å². The van der Waals surface area contributed by atoms with E-state index < -0.39 is 0 Å². The number of hydrogen-bond donors (Lipinski definition) is 1. The molecule has 0 saturated carbocycles. The summed E-state index contributed by atoms with van der Waals surface area (Å²) in [5, 5.41) is 0.450. The highest BCUT2D eigenvalue weighted by molar-refractivity contribution is 6.29. The summed E-state index contributed by atoms with van der Waals surface area (Å²) in [4.78, 5) is 3.87. The summed E-state index contributed by atoms with van der Waals surface area (Å²) in [7, 11) is 0. The van der Waals surface area contributed by atoms with Gasteiger partial charge in [-0.2, -0.15) is 0 Å². The first-order chi connectivity index (χ1) is 7.24. The lowest BCUT2D eigenvalue weighted by Crippen LogP contribution is -2.02. The summed E-state index contributed by atoms with van der Waals surface area (Å²) in [5.74, 6) is 0.722. The molecule has 0 radical (unpaired) electrons. The molecule has 5 heteroatoms. The maximum absolute atomic E-state index is 5.66. The number of nitrogens with zero attached hydrogens (tertiary/aromatic N) is 2. The van der Waals surface area contributed by atoms with E-state index in [4.69, 9.17) is 22.1 Å². The molecule has 1 heterocycles. The summed E-state index contributed by atoms with van der Waals surface area (Å²) in [6, 6.07) is 7.25. The number of rotatable bonds is 3. The monoisotopic (exact) mass is 223 g/mol. The lowest BCUT2D eigenvalue weighted by molar-refractivity contribution is 0.236. The lowest BCUT2D eigenvalue weighted by atomic mass is 10.3. The predicted molar refractivity (Wildman–Crippen MR) is 58.7 cm³/mol. The first-order valence-corrected chi connectivity index (χ1v) is 4.77. The molecule has 15 heavy (non-hydrogen) atoms. The van der Waals surface area contributed by atoms with Gasteiger partial charge in [0.05, 0.1) is 6.33 Å². The van der Waals surface area contributed by atoms with E-state index in [0.717, 1.165) is 5.75 Å². The first kappa shape index (κ1) is 9.86. The van der Waals surface area contributed by atoms with Crippen LogP contribution in [-0.2, 0) is 6.73 Å². The highest BCUT2D eigenvalue weighted by atomic mass is 35.5. The Morgan fingerprint density at radius 2 is 2.33 bits per heavy atom. The molecule has 2 aromatic rings. The highest BCUT2D eigenvalue weighted by Crippen LogP contribution is 2.15. The molecular formula is C10H10ClN3O. The van der Waals surface area contributed by atoms with Crippen LogP contribution in [0, 0.1) is 0 Å². The Morgan fingerprint density at radius 1 is 1.47 bits per heavy atom. The van der Waals surface area contributed by atoms with Crippen LogP contribution in [-0.4, -0.2) is 9.55 Å². The molecule has 2 rings (SSSR count). The second kappa shape index (κ2) is 4.23. The summed E-state index contributed by atoms with van der Waals surface area (Å²) < 4.78 is 7.21. The van der Waals surface area contributed by atoms with Crippen LogP contribution in [0.4, 0.5) is 5.69 Å². The molecule has 1 aromatic heterocycles. The third kappa shape index (κ3) is 2.63. The van der Waals surface area contributed by atoms with Crippen molar-refractivity contribution in [3.8, 4) is 5.75 Å². The van der Waals surface area contributed by atoms with Crippen molar-refractivity contribution in [2.45, 2.75) is 6.73 Å². The Morgan fingerprint density at radius 3 is 3.00 bits per heavy atom. The van der Waals surface area contributed by atoms with Gasteiger partial charge in [-0.15, -0.1) is 0 Å². The van der Waals surface area contributed by atoms with Crippen molar-refractivity contribution in [2.24, 2.45) is 0 Å². The summed E-state index contributed by atoms with van der Waals surface area (Å²) in [5.41, 5.74) is 6.29. The van der Waals surface area contributed by atoms with Crippen molar-refractivity contribution >= 4 is 17.3 Å². The molecular weight excluding hydrogens is 214 g/mol. The molecule has 1 aromatic carbocycles. The number of halogens is 1. The second-order valence-electron chi connectivity index (χ2n) is 3.06. The third-order valence-electron chi connectivity index (χ3n) is 1.84. The molecule has 0 bridgehead atoms. The zero-order valence-corrected chi connectivity index (χ0v) is 8.69. The SMILES string of the molecule is Nc1cccc(OCn2cnc(Cl)c2)c1. The number of ether oxygens (including phenoxy) is 1. The summed E-state index contributed by atoms with van der Waals surface area (Å²) in [6.45, 7) is 0.364. The topological polar surface area (TPSA) is 53.1 Å². The maximum atomic E-state index is 5.66. The molecule has 0 aliphatic rings. The summed E-state index contributed by atoms with van der Waals surface area (Å²) >= 11 is 5.66. The van der Waals surface area contributed by atoms with Crippen molar-refractivity contribution in [2.75, 3.05) is 5.73 Å². The van der Waals surface area contributed by atoms with Gasteiger partial charge >= 0.3 is 0 Å². The highest BCUT2D eigenvalue weighted by Gasteiger charge is 1.96. The molecule has 0 saturated heterocycles. The van der Waals surface area contributed by atoms with E-state index >= 15 is 0 Å². The number of aromatic nitrogens is 2. The van der Waals surface area contributed by atoms with E-state index in [0.29, 0.717) is 17.6 Å². The van der Waals surface area contributed by atoms with Crippen LogP contribution >= 0.6 is 11.6 Å². The average molecular weight is 224 g/mol. The van der Waals surface area contributed by atoms with Crippen molar-refractivity contribution in [3.05, 3.63) is 41.9 Å². The van der Waals surface area contributed by atoms with E-state index in [1.54, 1.807) is 29.2 Å². The van der Waals surface area contributed by atoms with Gasteiger partial charge in [-0.25, -0.2) is 4.98 Å². The Bertz CT molecular complexity index is 455. The van der Waals surface area contributed by atoms with E-state index in [2.05, 4.69) is 4.98 Å². The van der Waals surface area contributed by atoms with Gasteiger partial charge in [0.1, 0.15) is 10.9 Å². The Hall–Kier alpha value is -1.68. The molecule has 0 amide bonds. The van der Waals surface area contributed by atoms with Crippen LogP contribution in [0.3, 0.4) is 0 Å². The van der Waals surface area contributed by atoms with Crippen LogP contribution in [0.5, 0.6) is 5.75 Å². The van der Waals surface area contributed by atoms with Crippen LogP contribution in [0.1, 0.15) is 0 Å². The maximum Gasteiger partial charge on any atom is 0.166 e. The smallest absolute Gasteiger partial charge is 0.166 e. The molecule has 0 unspecified atom stereocenters. The van der Waals surface area contributed by atoms with Gasteiger partial charge in [-0.05, 0) is 12.1 Å². The quantitative estimate of drug-likeness (QED) is 0.812. The van der Waals surface area contributed by atoms with Crippen LogP contribution in [0.15, 0.2) is 36.8 Å². The minimum absolute atomic E-state index is 0.364. The van der Waals surface area contributed by atoms with E-state index in [1.165, 1.54) is 0 Å². The molecule has 0 fully saturated rings.